The molecule has 1 saturated heterocycles. The molecule has 1 fully saturated rings. The first kappa shape index (κ1) is 10.0. The van der Waals surface area contributed by atoms with Crippen LogP contribution in [-0.4, -0.2) is 25.4 Å². The largest absolute Gasteiger partial charge is 0.373 e. The van der Waals surface area contributed by atoms with Crippen molar-refractivity contribution in [1.29, 1.82) is 0 Å². The molecule has 12 heavy (non-hydrogen) atoms. The summed E-state index contributed by atoms with van der Waals surface area (Å²) in [5, 5.41) is 0. The average Bonchev–Trinajstić information content (AvgIpc) is 2.03. The van der Waals surface area contributed by atoms with E-state index in [1.54, 1.807) is 0 Å². The maximum Gasteiger partial charge on any atom is 0.0885 e. The second-order valence-corrected chi connectivity index (χ2v) is 4.47. The topological polar surface area (TPSA) is 18.5 Å². The minimum absolute atomic E-state index is 0.196. The van der Waals surface area contributed by atoms with Crippen LogP contribution in [0.2, 0.25) is 0 Å². The Morgan fingerprint density at radius 1 is 1.17 bits per heavy atom. The van der Waals surface area contributed by atoms with Gasteiger partial charge in [-0.1, -0.05) is 27.7 Å². The summed E-state index contributed by atoms with van der Waals surface area (Å²) >= 11 is 0. The minimum atomic E-state index is 0.196. The van der Waals surface area contributed by atoms with Crippen LogP contribution in [0.3, 0.4) is 0 Å². The van der Waals surface area contributed by atoms with E-state index < -0.39 is 0 Å². The Labute approximate surface area is 75.2 Å². The third-order valence-corrected chi connectivity index (χ3v) is 2.31. The molecule has 1 aliphatic rings. The van der Waals surface area contributed by atoms with Crippen molar-refractivity contribution in [2.45, 2.75) is 46.3 Å². The van der Waals surface area contributed by atoms with Crippen LogP contribution in [0.1, 0.15) is 34.1 Å². The molecule has 0 spiro atoms. The SMILES string of the molecule is CCC1OCCO[C@H]1C(C)(C)C. The summed E-state index contributed by atoms with van der Waals surface area (Å²) in [5.41, 5.74) is 0.196. The van der Waals surface area contributed by atoms with Gasteiger partial charge < -0.3 is 9.47 Å². The summed E-state index contributed by atoms with van der Waals surface area (Å²) in [5.74, 6) is 0. The van der Waals surface area contributed by atoms with Gasteiger partial charge in [0.1, 0.15) is 0 Å². The van der Waals surface area contributed by atoms with Gasteiger partial charge in [0.15, 0.2) is 0 Å². The van der Waals surface area contributed by atoms with E-state index in [1.165, 1.54) is 0 Å². The van der Waals surface area contributed by atoms with Crippen molar-refractivity contribution in [3.8, 4) is 0 Å². The highest BCUT2D eigenvalue weighted by atomic mass is 16.6. The van der Waals surface area contributed by atoms with Crippen LogP contribution in [0, 0.1) is 5.41 Å². The highest BCUT2D eigenvalue weighted by molar-refractivity contribution is 4.83. The lowest BCUT2D eigenvalue weighted by molar-refractivity contribution is -0.174. The van der Waals surface area contributed by atoms with Crippen LogP contribution < -0.4 is 0 Å². The van der Waals surface area contributed by atoms with Gasteiger partial charge in [-0.2, -0.15) is 0 Å². The van der Waals surface area contributed by atoms with Crippen molar-refractivity contribution in [3.05, 3.63) is 0 Å². The maximum atomic E-state index is 5.72. The van der Waals surface area contributed by atoms with E-state index in [-0.39, 0.29) is 11.5 Å². The number of ether oxygens (including phenoxy) is 2. The van der Waals surface area contributed by atoms with Gasteiger partial charge in [0.2, 0.25) is 0 Å². The Balaban J connectivity index is 2.59. The first-order valence-electron chi connectivity index (χ1n) is 4.79. The van der Waals surface area contributed by atoms with Crippen molar-refractivity contribution in [2.24, 2.45) is 5.41 Å². The predicted octanol–water partition coefficient (Wildman–Crippen LogP) is 2.23. The fourth-order valence-electron chi connectivity index (χ4n) is 1.71. The summed E-state index contributed by atoms with van der Waals surface area (Å²) in [6, 6.07) is 0. The van der Waals surface area contributed by atoms with Gasteiger partial charge in [0, 0.05) is 0 Å². The number of hydrogen-bond acceptors (Lipinski definition) is 2. The zero-order valence-corrected chi connectivity index (χ0v) is 8.59. The Morgan fingerprint density at radius 2 is 1.75 bits per heavy atom. The molecule has 0 bridgehead atoms. The quantitative estimate of drug-likeness (QED) is 0.604. The van der Waals surface area contributed by atoms with Crippen LogP contribution in [-0.2, 0) is 9.47 Å². The zero-order chi connectivity index (χ0) is 9.19. The molecule has 2 nitrogen and oxygen atoms in total. The van der Waals surface area contributed by atoms with Crippen molar-refractivity contribution in [3.63, 3.8) is 0 Å². The van der Waals surface area contributed by atoms with E-state index in [1.807, 2.05) is 0 Å². The molecular formula is C10H20O2. The van der Waals surface area contributed by atoms with Crippen LogP contribution in [0.4, 0.5) is 0 Å². The molecule has 1 heterocycles. The van der Waals surface area contributed by atoms with E-state index in [9.17, 15) is 0 Å². The second kappa shape index (κ2) is 3.75. The molecule has 0 N–H and O–H groups in total. The van der Waals surface area contributed by atoms with E-state index in [2.05, 4.69) is 27.7 Å². The number of rotatable bonds is 1. The highest BCUT2D eigenvalue weighted by Gasteiger charge is 2.34. The number of hydrogen-bond donors (Lipinski definition) is 0. The Hall–Kier alpha value is -0.0800. The first-order chi connectivity index (χ1) is 5.55. The summed E-state index contributed by atoms with van der Waals surface area (Å²) < 4.78 is 11.4. The predicted molar refractivity (Wildman–Crippen MR) is 49.2 cm³/mol. The molecule has 1 unspecified atom stereocenters. The molecule has 72 valence electrons. The Kier molecular flexibility index (Phi) is 3.13. The second-order valence-electron chi connectivity index (χ2n) is 4.47. The molecule has 0 aromatic rings. The summed E-state index contributed by atoms with van der Waals surface area (Å²) in [6.45, 7) is 10.3. The average molecular weight is 172 g/mol. The fourth-order valence-corrected chi connectivity index (χ4v) is 1.71. The van der Waals surface area contributed by atoms with Gasteiger partial charge in [0.05, 0.1) is 25.4 Å². The van der Waals surface area contributed by atoms with E-state index in [0.29, 0.717) is 6.10 Å². The van der Waals surface area contributed by atoms with Crippen LogP contribution in [0.25, 0.3) is 0 Å². The third kappa shape index (κ3) is 2.20. The molecule has 2 heteroatoms. The molecule has 0 radical (unpaired) electrons. The van der Waals surface area contributed by atoms with E-state index >= 15 is 0 Å². The molecule has 0 aromatic heterocycles. The van der Waals surface area contributed by atoms with Gasteiger partial charge in [0.25, 0.3) is 0 Å². The monoisotopic (exact) mass is 172 g/mol. The first-order valence-corrected chi connectivity index (χ1v) is 4.79. The smallest absolute Gasteiger partial charge is 0.0885 e. The summed E-state index contributed by atoms with van der Waals surface area (Å²) in [6.07, 6.45) is 1.59. The normalized spacial score (nSPS) is 32.0. The maximum absolute atomic E-state index is 5.72. The van der Waals surface area contributed by atoms with Crippen LogP contribution in [0.5, 0.6) is 0 Å². The van der Waals surface area contributed by atoms with Crippen molar-refractivity contribution >= 4 is 0 Å². The lowest BCUT2D eigenvalue weighted by Crippen LogP contribution is -2.45. The van der Waals surface area contributed by atoms with Gasteiger partial charge in [-0.05, 0) is 11.8 Å². The molecule has 0 amide bonds. The standard InChI is InChI=1S/C10H20O2/c1-5-8-9(10(2,3)4)12-7-6-11-8/h8-9H,5-7H2,1-4H3/t8?,9-/m1/s1. The van der Waals surface area contributed by atoms with Gasteiger partial charge in [-0.15, -0.1) is 0 Å². The Morgan fingerprint density at radius 3 is 2.17 bits per heavy atom. The van der Waals surface area contributed by atoms with Crippen LogP contribution in [0.15, 0.2) is 0 Å². The summed E-state index contributed by atoms with van der Waals surface area (Å²) in [7, 11) is 0. The van der Waals surface area contributed by atoms with Gasteiger partial charge in [-0.25, -0.2) is 0 Å². The molecule has 0 aromatic carbocycles. The third-order valence-electron chi connectivity index (χ3n) is 2.31. The molecule has 2 atom stereocenters. The molecule has 0 saturated carbocycles. The van der Waals surface area contributed by atoms with Crippen molar-refractivity contribution < 1.29 is 9.47 Å². The van der Waals surface area contributed by atoms with E-state index in [4.69, 9.17) is 9.47 Å². The molecule has 1 rings (SSSR count). The Bertz CT molecular complexity index is 137. The fraction of sp³-hybridized carbons (Fsp3) is 1.00. The lowest BCUT2D eigenvalue weighted by atomic mass is 9.84. The van der Waals surface area contributed by atoms with Crippen molar-refractivity contribution in [2.75, 3.05) is 13.2 Å². The minimum Gasteiger partial charge on any atom is -0.373 e. The van der Waals surface area contributed by atoms with Crippen LogP contribution >= 0.6 is 0 Å². The molecular weight excluding hydrogens is 152 g/mol. The summed E-state index contributed by atoms with van der Waals surface area (Å²) in [4.78, 5) is 0. The van der Waals surface area contributed by atoms with Gasteiger partial charge in [-0.3, -0.25) is 0 Å². The zero-order valence-electron chi connectivity index (χ0n) is 8.59. The van der Waals surface area contributed by atoms with Crippen molar-refractivity contribution in [1.82, 2.24) is 0 Å². The van der Waals surface area contributed by atoms with E-state index in [0.717, 1.165) is 19.6 Å². The lowest BCUT2D eigenvalue weighted by Gasteiger charge is -2.39. The highest BCUT2D eigenvalue weighted by Crippen LogP contribution is 2.29. The molecule has 0 aliphatic carbocycles. The van der Waals surface area contributed by atoms with Gasteiger partial charge >= 0.3 is 0 Å². The molecule has 1 aliphatic heterocycles.